The molecule has 0 radical (unpaired) electrons. The van der Waals surface area contributed by atoms with Crippen LogP contribution in [0.4, 0.5) is 0 Å². The van der Waals surface area contributed by atoms with Crippen molar-refractivity contribution in [3.05, 3.63) is 35.8 Å². The largest absolute Gasteiger partial charge is 0.370 e. The molecule has 2 N–H and O–H groups in total. The Kier molecular flexibility index (Phi) is 4.52. The van der Waals surface area contributed by atoms with Crippen molar-refractivity contribution in [2.45, 2.75) is 32.4 Å². The van der Waals surface area contributed by atoms with E-state index in [1.165, 1.54) is 18.4 Å². The van der Waals surface area contributed by atoms with Crippen molar-refractivity contribution in [3.63, 3.8) is 0 Å². The third kappa shape index (κ3) is 3.23. The van der Waals surface area contributed by atoms with Crippen molar-refractivity contribution in [2.75, 3.05) is 7.05 Å². The summed E-state index contributed by atoms with van der Waals surface area (Å²) in [7, 11) is 2.00. The van der Waals surface area contributed by atoms with E-state index in [9.17, 15) is 0 Å². The summed E-state index contributed by atoms with van der Waals surface area (Å²) in [6, 6.07) is 4.67. The van der Waals surface area contributed by atoms with Gasteiger partial charge in [0, 0.05) is 25.5 Å². The van der Waals surface area contributed by atoms with E-state index in [4.69, 9.17) is 5.73 Å². The first kappa shape index (κ1) is 15.1. The number of nitrogens with zero attached hydrogens (tertiary/aromatic N) is 4. The number of aromatic nitrogens is 2. The van der Waals surface area contributed by atoms with Gasteiger partial charge in [-0.15, -0.1) is 24.0 Å². The van der Waals surface area contributed by atoms with Gasteiger partial charge in [0.05, 0.1) is 12.2 Å². The smallest absolute Gasteiger partial charge is 0.191 e. The molecule has 0 unspecified atom stereocenters. The molecule has 1 aliphatic rings. The zero-order valence-corrected chi connectivity index (χ0v) is 14.1. The Hall–Kier alpha value is -1.31. The van der Waals surface area contributed by atoms with E-state index < -0.39 is 0 Å². The van der Waals surface area contributed by atoms with E-state index in [2.05, 4.69) is 34.1 Å². The maximum atomic E-state index is 5.97. The minimum Gasteiger partial charge on any atom is -0.370 e. The highest BCUT2D eigenvalue weighted by Gasteiger charge is 2.27. The Morgan fingerprint density at radius 1 is 1.45 bits per heavy atom. The number of imidazole rings is 1. The normalized spacial score (nSPS) is 15.2. The SMILES string of the molecule is Cc1ccc2nc(CN=C(N)N(C)C3CC3)cn2c1.I. The molecule has 0 aliphatic heterocycles. The fraction of sp³-hybridized carbons (Fsp3) is 0.429. The minimum absolute atomic E-state index is 0. The van der Waals surface area contributed by atoms with E-state index in [1.807, 2.05) is 23.7 Å². The minimum atomic E-state index is 0. The summed E-state index contributed by atoms with van der Waals surface area (Å²) in [5.41, 5.74) is 9.07. The summed E-state index contributed by atoms with van der Waals surface area (Å²) in [6.45, 7) is 2.60. The van der Waals surface area contributed by atoms with Gasteiger partial charge in [-0.05, 0) is 31.4 Å². The summed E-state index contributed by atoms with van der Waals surface area (Å²) in [4.78, 5) is 11.0. The van der Waals surface area contributed by atoms with Crippen molar-refractivity contribution in [1.29, 1.82) is 0 Å². The molecular formula is C14H20IN5. The summed E-state index contributed by atoms with van der Waals surface area (Å²) in [5, 5.41) is 0. The van der Waals surface area contributed by atoms with Crippen LogP contribution in [0.15, 0.2) is 29.5 Å². The van der Waals surface area contributed by atoms with Gasteiger partial charge >= 0.3 is 0 Å². The van der Waals surface area contributed by atoms with Gasteiger partial charge in [-0.25, -0.2) is 9.98 Å². The summed E-state index contributed by atoms with van der Waals surface area (Å²) >= 11 is 0. The Bertz CT molecular complexity index is 630. The number of guanidine groups is 1. The quantitative estimate of drug-likeness (QED) is 0.501. The van der Waals surface area contributed by atoms with E-state index in [-0.39, 0.29) is 24.0 Å². The average molecular weight is 385 g/mol. The average Bonchev–Trinajstić information content (AvgIpc) is 3.16. The van der Waals surface area contributed by atoms with E-state index in [0.717, 1.165) is 11.3 Å². The highest BCUT2D eigenvalue weighted by molar-refractivity contribution is 14.0. The molecule has 1 fully saturated rings. The molecule has 6 heteroatoms. The lowest BCUT2D eigenvalue weighted by Crippen LogP contribution is -2.35. The van der Waals surface area contributed by atoms with Gasteiger partial charge in [0.1, 0.15) is 5.65 Å². The van der Waals surface area contributed by atoms with Crippen LogP contribution in [0.25, 0.3) is 5.65 Å². The number of rotatable bonds is 3. The monoisotopic (exact) mass is 385 g/mol. The molecule has 0 amide bonds. The molecule has 2 aromatic rings. The van der Waals surface area contributed by atoms with Crippen LogP contribution in [0.1, 0.15) is 24.1 Å². The van der Waals surface area contributed by atoms with E-state index in [1.54, 1.807) is 0 Å². The van der Waals surface area contributed by atoms with Crippen molar-refractivity contribution >= 4 is 35.6 Å². The lowest BCUT2D eigenvalue weighted by Gasteiger charge is -2.16. The predicted molar refractivity (Wildman–Crippen MR) is 91.5 cm³/mol. The Labute approximate surface area is 135 Å². The van der Waals surface area contributed by atoms with Crippen LogP contribution in [-0.2, 0) is 6.54 Å². The molecule has 2 aromatic heterocycles. The Balaban J connectivity index is 0.00000147. The molecule has 0 saturated heterocycles. The third-order valence-corrected chi connectivity index (χ3v) is 3.51. The van der Waals surface area contributed by atoms with E-state index >= 15 is 0 Å². The highest BCUT2D eigenvalue weighted by atomic mass is 127. The van der Waals surface area contributed by atoms with Crippen molar-refractivity contribution in [1.82, 2.24) is 14.3 Å². The first-order valence-corrected chi connectivity index (χ1v) is 6.60. The predicted octanol–water partition coefficient (Wildman–Crippen LogP) is 2.17. The summed E-state index contributed by atoms with van der Waals surface area (Å²) in [6.07, 6.45) is 6.52. The van der Waals surface area contributed by atoms with E-state index in [0.29, 0.717) is 18.5 Å². The summed E-state index contributed by atoms with van der Waals surface area (Å²) in [5.74, 6) is 0.607. The van der Waals surface area contributed by atoms with Crippen LogP contribution in [0.2, 0.25) is 0 Å². The van der Waals surface area contributed by atoms with Gasteiger partial charge in [0.2, 0.25) is 0 Å². The number of pyridine rings is 1. The van der Waals surface area contributed by atoms with Crippen LogP contribution < -0.4 is 5.73 Å². The second-order valence-electron chi connectivity index (χ2n) is 5.22. The maximum absolute atomic E-state index is 5.97. The second kappa shape index (κ2) is 5.99. The second-order valence-corrected chi connectivity index (χ2v) is 5.22. The maximum Gasteiger partial charge on any atom is 0.191 e. The molecule has 1 saturated carbocycles. The lowest BCUT2D eigenvalue weighted by atomic mass is 10.3. The van der Waals surface area contributed by atoms with Crippen LogP contribution in [0.5, 0.6) is 0 Å². The fourth-order valence-corrected chi connectivity index (χ4v) is 2.15. The topological polar surface area (TPSA) is 58.9 Å². The van der Waals surface area contributed by atoms with Gasteiger partial charge in [-0.1, -0.05) is 6.07 Å². The van der Waals surface area contributed by atoms with Crippen LogP contribution >= 0.6 is 24.0 Å². The fourth-order valence-electron chi connectivity index (χ4n) is 2.15. The molecule has 108 valence electrons. The molecule has 0 aromatic carbocycles. The number of aryl methyl sites for hydroxylation is 1. The Morgan fingerprint density at radius 3 is 2.90 bits per heavy atom. The number of nitrogens with two attached hydrogens (primary N) is 1. The van der Waals surface area contributed by atoms with Crippen molar-refractivity contribution in [3.8, 4) is 0 Å². The molecule has 0 bridgehead atoms. The summed E-state index contributed by atoms with van der Waals surface area (Å²) < 4.78 is 2.03. The van der Waals surface area contributed by atoms with Gasteiger partial charge in [0.25, 0.3) is 0 Å². The zero-order chi connectivity index (χ0) is 13.4. The van der Waals surface area contributed by atoms with Crippen LogP contribution in [0, 0.1) is 6.92 Å². The lowest BCUT2D eigenvalue weighted by molar-refractivity contribution is 0.487. The Morgan fingerprint density at radius 2 is 2.20 bits per heavy atom. The molecule has 1 aliphatic carbocycles. The molecule has 0 spiro atoms. The number of halogens is 1. The molecule has 5 nitrogen and oxygen atoms in total. The molecule has 2 heterocycles. The number of aliphatic imine (C=N–C) groups is 1. The highest BCUT2D eigenvalue weighted by Crippen LogP contribution is 2.24. The molecule has 3 rings (SSSR count). The molecule has 20 heavy (non-hydrogen) atoms. The number of hydrogen-bond acceptors (Lipinski definition) is 2. The first-order valence-electron chi connectivity index (χ1n) is 6.60. The van der Waals surface area contributed by atoms with Crippen LogP contribution in [-0.4, -0.2) is 33.3 Å². The number of fused-ring (bicyclic) bond motifs is 1. The van der Waals surface area contributed by atoms with Crippen LogP contribution in [0.3, 0.4) is 0 Å². The van der Waals surface area contributed by atoms with Gasteiger partial charge in [0.15, 0.2) is 5.96 Å². The van der Waals surface area contributed by atoms with Crippen molar-refractivity contribution < 1.29 is 0 Å². The third-order valence-electron chi connectivity index (χ3n) is 3.51. The standard InChI is InChI=1S/C14H19N5.HI/c1-10-3-6-13-17-11(9-19(13)8-10)7-16-14(15)18(2)12-4-5-12;/h3,6,8-9,12H,4-5,7H2,1-2H3,(H2,15,16);1H. The molecule has 0 atom stereocenters. The number of hydrogen-bond donors (Lipinski definition) is 1. The molecular weight excluding hydrogens is 365 g/mol. The van der Waals surface area contributed by atoms with Gasteiger partial charge in [-0.2, -0.15) is 0 Å². The van der Waals surface area contributed by atoms with Gasteiger partial charge < -0.3 is 15.0 Å². The first-order chi connectivity index (χ1) is 9.13. The zero-order valence-electron chi connectivity index (χ0n) is 11.8. The van der Waals surface area contributed by atoms with Crippen molar-refractivity contribution in [2.24, 2.45) is 10.7 Å². The van der Waals surface area contributed by atoms with Gasteiger partial charge in [-0.3, -0.25) is 0 Å².